The molecule has 4 heteroatoms. The van der Waals surface area contributed by atoms with E-state index in [2.05, 4.69) is 5.32 Å². The largest absolute Gasteiger partial charge is 0.497 e. The molecule has 0 spiro atoms. The summed E-state index contributed by atoms with van der Waals surface area (Å²) in [6.07, 6.45) is 3.23. The summed E-state index contributed by atoms with van der Waals surface area (Å²) in [5.74, 6) is 0.563. The lowest BCUT2D eigenvalue weighted by molar-refractivity contribution is -0.111. The SMILES string of the molecule is COc1ccc(C=CC(=O)Nc2c(C)cc(C)cc2Cl)cc1. The first-order chi connectivity index (χ1) is 10.5. The molecular formula is C18H18ClNO2. The third-order valence-corrected chi connectivity index (χ3v) is 3.52. The summed E-state index contributed by atoms with van der Waals surface area (Å²) in [5.41, 5.74) is 3.57. The van der Waals surface area contributed by atoms with Crippen LogP contribution >= 0.6 is 11.6 Å². The van der Waals surface area contributed by atoms with Gasteiger partial charge < -0.3 is 10.1 Å². The van der Waals surface area contributed by atoms with Crippen LogP contribution in [0.2, 0.25) is 5.02 Å². The number of aryl methyl sites for hydroxylation is 2. The van der Waals surface area contributed by atoms with Gasteiger partial charge in [-0.3, -0.25) is 4.79 Å². The molecule has 0 radical (unpaired) electrons. The Morgan fingerprint density at radius 1 is 1.18 bits per heavy atom. The number of anilines is 1. The second kappa shape index (κ2) is 7.14. The van der Waals surface area contributed by atoms with Gasteiger partial charge in [-0.2, -0.15) is 0 Å². The predicted molar refractivity (Wildman–Crippen MR) is 91.6 cm³/mol. The minimum Gasteiger partial charge on any atom is -0.497 e. The van der Waals surface area contributed by atoms with E-state index in [0.29, 0.717) is 10.7 Å². The summed E-state index contributed by atoms with van der Waals surface area (Å²) in [4.78, 5) is 12.0. The van der Waals surface area contributed by atoms with Crippen molar-refractivity contribution in [2.45, 2.75) is 13.8 Å². The van der Waals surface area contributed by atoms with Crippen molar-refractivity contribution < 1.29 is 9.53 Å². The average molecular weight is 316 g/mol. The first-order valence-corrected chi connectivity index (χ1v) is 7.27. The molecule has 0 aliphatic carbocycles. The van der Waals surface area contributed by atoms with Crippen LogP contribution < -0.4 is 10.1 Å². The van der Waals surface area contributed by atoms with Crippen molar-refractivity contribution >= 4 is 29.3 Å². The zero-order chi connectivity index (χ0) is 16.1. The summed E-state index contributed by atoms with van der Waals surface area (Å²) in [7, 11) is 1.62. The van der Waals surface area contributed by atoms with Crippen molar-refractivity contribution in [1.82, 2.24) is 0 Å². The van der Waals surface area contributed by atoms with E-state index in [4.69, 9.17) is 16.3 Å². The normalized spacial score (nSPS) is 10.7. The summed E-state index contributed by atoms with van der Waals surface area (Å²) in [6, 6.07) is 11.3. The van der Waals surface area contributed by atoms with Gasteiger partial charge in [-0.25, -0.2) is 0 Å². The number of benzene rings is 2. The minimum atomic E-state index is -0.218. The van der Waals surface area contributed by atoms with Crippen LogP contribution in [-0.2, 0) is 4.79 Å². The molecule has 1 amide bonds. The smallest absolute Gasteiger partial charge is 0.248 e. The standard InChI is InChI=1S/C18H18ClNO2/c1-12-10-13(2)18(16(19)11-12)20-17(21)9-6-14-4-7-15(22-3)8-5-14/h4-11H,1-3H3,(H,20,21). The van der Waals surface area contributed by atoms with Gasteiger partial charge in [-0.15, -0.1) is 0 Å². The van der Waals surface area contributed by atoms with E-state index in [1.165, 1.54) is 6.08 Å². The highest BCUT2D eigenvalue weighted by Gasteiger charge is 2.07. The van der Waals surface area contributed by atoms with Crippen LogP contribution in [0.15, 0.2) is 42.5 Å². The number of hydrogen-bond donors (Lipinski definition) is 1. The molecule has 0 atom stereocenters. The summed E-state index contributed by atoms with van der Waals surface area (Å²) >= 11 is 6.18. The van der Waals surface area contributed by atoms with E-state index in [1.54, 1.807) is 13.2 Å². The van der Waals surface area contributed by atoms with Gasteiger partial charge in [0.25, 0.3) is 0 Å². The molecule has 2 aromatic carbocycles. The number of carbonyl (C=O) groups is 1. The Hall–Kier alpha value is -2.26. The summed E-state index contributed by atoms with van der Waals surface area (Å²) in [5, 5.41) is 3.36. The molecule has 0 heterocycles. The van der Waals surface area contributed by atoms with E-state index < -0.39 is 0 Å². The van der Waals surface area contributed by atoms with Crippen LogP contribution in [0, 0.1) is 13.8 Å². The van der Waals surface area contributed by atoms with Gasteiger partial charge in [0, 0.05) is 6.08 Å². The van der Waals surface area contributed by atoms with Crippen LogP contribution in [0.3, 0.4) is 0 Å². The van der Waals surface area contributed by atoms with Gasteiger partial charge >= 0.3 is 0 Å². The second-order valence-corrected chi connectivity index (χ2v) is 5.44. The number of hydrogen-bond acceptors (Lipinski definition) is 2. The molecule has 2 rings (SSSR count). The third kappa shape index (κ3) is 4.12. The Balaban J connectivity index is 2.08. The quantitative estimate of drug-likeness (QED) is 0.836. The van der Waals surface area contributed by atoms with Crippen molar-refractivity contribution in [1.29, 1.82) is 0 Å². The monoisotopic (exact) mass is 315 g/mol. The Bertz CT molecular complexity index is 683. The molecule has 1 N–H and O–H groups in total. The maximum atomic E-state index is 12.0. The highest BCUT2D eigenvalue weighted by Crippen LogP contribution is 2.27. The lowest BCUT2D eigenvalue weighted by atomic mass is 10.1. The van der Waals surface area contributed by atoms with Crippen molar-refractivity contribution in [3.05, 3.63) is 64.2 Å². The number of rotatable bonds is 4. The van der Waals surface area contributed by atoms with Gasteiger partial charge in [0.15, 0.2) is 0 Å². The highest BCUT2D eigenvalue weighted by molar-refractivity contribution is 6.34. The predicted octanol–water partition coefficient (Wildman–Crippen LogP) is 4.62. The van der Waals surface area contributed by atoms with Crippen molar-refractivity contribution in [3.8, 4) is 5.75 Å². The van der Waals surface area contributed by atoms with E-state index in [0.717, 1.165) is 22.4 Å². The second-order valence-electron chi connectivity index (χ2n) is 5.03. The Morgan fingerprint density at radius 2 is 1.86 bits per heavy atom. The highest BCUT2D eigenvalue weighted by atomic mass is 35.5. The molecule has 0 saturated carbocycles. The van der Waals surface area contributed by atoms with E-state index in [-0.39, 0.29) is 5.91 Å². The van der Waals surface area contributed by atoms with Crippen LogP contribution in [-0.4, -0.2) is 13.0 Å². The number of ether oxygens (including phenoxy) is 1. The van der Waals surface area contributed by atoms with Crippen molar-refractivity contribution in [2.24, 2.45) is 0 Å². The lowest BCUT2D eigenvalue weighted by Gasteiger charge is -2.10. The molecule has 0 aliphatic rings. The topological polar surface area (TPSA) is 38.3 Å². The fourth-order valence-electron chi connectivity index (χ4n) is 2.13. The fourth-order valence-corrected chi connectivity index (χ4v) is 2.49. The van der Waals surface area contributed by atoms with E-state index in [9.17, 15) is 4.79 Å². The lowest BCUT2D eigenvalue weighted by Crippen LogP contribution is -2.09. The third-order valence-electron chi connectivity index (χ3n) is 3.22. The molecule has 0 bridgehead atoms. The first-order valence-electron chi connectivity index (χ1n) is 6.89. The molecular weight excluding hydrogens is 298 g/mol. The number of carbonyl (C=O) groups excluding carboxylic acids is 1. The molecule has 3 nitrogen and oxygen atoms in total. The van der Waals surface area contributed by atoms with E-state index in [1.807, 2.05) is 50.2 Å². The van der Waals surface area contributed by atoms with Gasteiger partial charge in [-0.1, -0.05) is 29.8 Å². The van der Waals surface area contributed by atoms with Gasteiger partial charge in [0.2, 0.25) is 5.91 Å². The zero-order valence-corrected chi connectivity index (χ0v) is 13.6. The summed E-state index contributed by atoms with van der Waals surface area (Å²) < 4.78 is 5.09. The molecule has 114 valence electrons. The van der Waals surface area contributed by atoms with Crippen LogP contribution in [0.5, 0.6) is 5.75 Å². The van der Waals surface area contributed by atoms with E-state index >= 15 is 0 Å². The molecule has 0 unspecified atom stereocenters. The maximum absolute atomic E-state index is 12.0. The van der Waals surface area contributed by atoms with Gasteiger partial charge in [0.1, 0.15) is 5.75 Å². The molecule has 0 aromatic heterocycles. The minimum absolute atomic E-state index is 0.218. The molecule has 0 aliphatic heterocycles. The number of nitrogens with one attached hydrogen (secondary N) is 1. The van der Waals surface area contributed by atoms with Crippen molar-refractivity contribution in [3.63, 3.8) is 0 Å². The first kappa shape index (κ1) is 16.1. The zero-order valence-electron chi connectivity index (χ0n) is 12.8. The Kier molecular flexibility index (Phi) is 5.23. The molecule has 2 aromatic rings. The Morgan fingerprint density at radius 3 is 2.45 bits per heavy atom. The number of methoxy groups -OCH3 is 1. The summed E-state index contributed by atoms with van der Waals surface area (Å²) in [6.45, 7) is 3.88. The number of amides is 1. The fraction of sp³-hybridized carbons (Fsp3) is 0.167. The van der Waals surface area contributed by atoms with Gasteiger partial charge in [0.05, 0.1) is 17.8 Å². The van der Waals surface area contributed by atoms with Crippen LogP contribution in [0.25, 0.3) is 6.08 Å². The van der Waals surface area contributed by atoms with Gasteiger partial charge in [-0.05, 0) is 54.8 Å². The molecule has 0 fully saturated rings. The van der Waals surface area contributed by atoms with Crippen molar-refractivity contribution in [2.75, 3.05) is 12.4 Å². The van der Waals surface area contributed by atoms with Crippen LogP contribution in [0.1, 0.15) is 16.7 Å². The Labute approximate surface area is 135 Å². The molecule has 0 saturated heterocycles. The number of halogens is 1. The maximum Gasteiger partial charge on any atom is 0.248 e. The average Bonchev–Trinajstić information content (AvgIpc) is 2.49. The molecule has 22 heavy (non-hydrogen) atoms. The van der Waals surface area contributed by atoms with Crippen LogP contribution in [0.4, 0.5) is 5.69 Å².